The summed E-state index contributed by atoms with van der Waals surface area (Å²) in [6, 6.07) is 6.65. The zero-order chi connectivity index (χ0) is 13.2. The molecule has 1 N–H and O–H groups in total. The Hall–Kier alpha value is -0.730. The molecule has 0 aromatic heterocycles. The van der Waals surface area contributed by atoms with Crippen molar-refractivity contribution in [3.05, 3.63) is 28.8 Å². The molecule has 3 rings (SSSR count). The first-order valence-electron chi connectivity index (χ1n) is 7.46. The predicted octanol–water partition coefficient (Wildman–Crippen LogP) is 3.99. The van der Waals surface area contributed by atoms with Gasteiger partial charge in [-0.3, -0.25) is 0 Å². The van der Waals surface area contributed by atoms with Crippen molar-refractivity contribution in [3.63, 3.8) is 0 Å². The van der Waals surface area contributed by atoms with Gasteiger partial charge >= 0.3 is 0 Å². The zero-order valence-electron chi connectivity index (χ0n) is 11.3. The molecule has 1 saturated carbocycles. The minimum absolute atomic E-state index is 0.0306. The lowest BCUT2D eigenvalue weighted by Crippen LogP contribution is -2.35. The molecule has 1 aliphatic heterocycles. The molecule has 2 fully saturated rings. The quantitative estimate of drug-likeness (QED) is 0.904. The molecule has 0 radical (unpaired) electrons. The highest BCUT2D eigenvalue weighted by atomic mass is 35.5. The fraction of sp³-hybridized carbons (Fsp3) is 0.625. The van der Waals surface area contributed by atoms with E-state index < -0.39 is 0 Å². The van der Waals surface area contributed by atoms with E-state index >= 15 is 0 Å². The van der Waals surface area contributed by atoms with E-state index in [-0.39, 0.29) is 6.61 Å². The summed E-state index contributed by atoms with van der Waals surface area (Å²) in [6.07, 6.45) is 8.07. The molecule has 2 nitrogen and oxygen atoms in total. The van der Waals surface area contributed by atoms with Crippen LogP contribution in [-0.2, 0) is 6.61 Å². The van der Waals surface area contributed by atoms with Crippen molar-refractivity contribution < 1.29 is 5.11 Å². The maximum atomic E-state index is 9.60. The van der Waals surface area contributed by atoms with E-state index in [4.69, 9.17) is 11.6 Å². The summed E-state index contributed by atoms with van der Waals surface area (Å²) in [5, 5.41) is 10.3. The lowest BCUT2D eigenvalue weighted by atomic mass is 9.95. The minimum Gasteiger partial charge on any atom is -0.392 e. The third kappa shape index (κ3) is 2.48. The van der Waals surface area contributed by atoms with Crippen molar-refractivity contribution in [3.8, 4) is 0 Å². The molecule has 1 unspecified atom stereocenters. The second kappa shape index (κ2) is 5.72. The SMILES string of the molecule is OCc1c(Cl)cccc1N1CCCC1C1CCCC1. The first-order valence-corrected chi connectivity index (χ1v) is 7.84. The molecule has 0 spiro atoms. The number of benzene rings is 1. The number of rotatable bonds is 3. The molecule has 3 heteroatoms. The normalized spacial score (nSPS) is 24.3. The van der Waals surface area contributed by atoms with E-state index in [1.165, 1.54) is 38.5 Å². The van der Waals surface area contributed by atoms with Gasteiger partial charge in [-0.15, -0.1) is 0 Å². The summed E-state index contributed by atoms with van der Waals surface area (Å²) in [5.41, 5.74) is 2.05. The molecule has 19 heavy (non-hydrogen) atoms. The van der Waals surface area contributed by atoms with Crippen LogP contribution < -0.4 is 4.90 Å². The molecule has 1 heterocycles. The first kappa shape index (κ1) is 13.3. The number of aliphatic hydroxyl groups excluding tert-OH is 1. The molecule has 1 atom stereocenters. The Balaban J connectivity index is 1.89. The van der Waals surface area contributed by atoms with Crippen molar-refractivity contribution in [2.45, 2.75) is 51.2 Å². The van der Waals surface area contributed by atoms with Gasteiger partial charge in [0.1, 0.15) is 0 Å². The lowest BCUT2D eigenvalue weighted by Gasteiger charge is -2.32. The summed E-state index contributed by atoms with van der Waals surface area (Å²) < 4.78 is 0. The van der Waals surface area contributed by atoms with Crippen LogP contribution in [0.15, 0.2) is 18.2 Å². The second-order valence-electron chi connectivity index (χ2n) is 5.84. The third-order valence-corrected chi connectivity index (χ3v) is 5.16. The van der Waals surface area contributed by atoms with Gasteiger partial charge in [0.05, 0.1) is 6.61 Å². The molecule has 1 aromatic carbocycles. The predicted molar refractivity (Wildman–Crippen MR) is 79.7 cm³/mol. The van der Waals surface area contributed by atoms with Crippen molar-refractivity contribution in [1.82, 2.24) is 0 Å². The maximum Gasteiger partial charge on any atom is 0.0716 e. The molecule has 1 saturated heterocycles. The highest BCUT2D eigenvalue weighted by molar-refractivity contribution is 6.31. The van der Waals surface area contributed by atoms with E-state index in [9.17, 15) is 5.11 Å². The first-order chi connectivity index (χ1) is 9.31. The molecular formula is C16H22ClNO. The van der Waals surface area contributed by atoms with Gasteiger partial charge in [-0.05, 0) is 43.7 Å². The molecular weight excluding hydrogens is 258 g/mol. The van der Waals surface area contributed by atoms with Crippen LogP contribution in [-0.4, -0.2) is 17.7 Å². The van der Waals surface area contributed by atoms with Gasteiger partial charge in [0, 0.05) is 28.9 Å². The topological polar surface area (TPSA) is 23.5 Å². The van der Waals surface area contributed by atoms with Gasteiger partial charge < -0.3 is 10.0 Å². The Labute approximate surface area is 120 Å². The summed E-state index contributed by atoms with van der Waals surface area (Å²) in [5.74, 6) is 0.841. The summed E-state index contributed by atoms with van der Waals surface area (Å²) in [6.45, 7) is 1.14. The highest BCUT2D eigenvalue weighted by Crippen LogP contribution is 2.39. The zero-order valence-corrected chi connectivity index (χ0v) is 12.1. The van der Waals surface area contributed by atoms with Gasteiger partial charge in [-0.1, -0.05) is 30.5 Å². The van der Waals surface area contributed by atoms with E-state index in [2.05, 4.69) is 11.0 Å². The van der Waals surface area contributed by atoms with Crippen molar-refractivity contribution in [2.75, 3.05) is 11.4 Å². The monoisotopic (exact) mass is 279 g/mol. The molecule has 0 amide bonds. The number of nitrogens with zero attached hydrogens (tertiary/aromatic N) is 1. The average Bonchev–Trinajstić information content (AvgIpc) is 3.09. The Morgan fingerprint density at radius 1 is 1.16 bits per heavy atom. The van der Waals surface area contributed by atoms with E-state index in [1.54, 1.807) is 0 Å². The fourth-order valence-electron chi connectivity index (χ4n) is 3.90. The van der Waals surface area contributed by atoms with E-state index in [1.807, 2.05) is 12.1 Å². The van der Waals surface area contributed by atoms with Gasteiger partial charge in [-0.2, -0.15) is 0 Å². The van der Waals surface area contributed by atoms with Crippen LogP contribution in [0.25, 0.3) is 0 Å². The Kier molecular flexibility index (Phi) is 3.99. The van der Waals surface area contributed by atoms with Gasteiger partial charge in [-0.25, -0.2) is 0 Å². The summed E-state index contributed by atoms with van der Waals surface area (Å²) in [7, 11) is 0. The number of anilines is 1. The smallest absolute Gasteiger partial charge is 0.0716 e. The molecule has 0 bridgehead atoms. The summed E-state index contributed by atoms with van der Waals surface area (Å²) >= 11 is 6.23. The van der Waals surface area contributed by atoms with Crippen LogP contribution >= 0.6 is 11.6 Å². The molecule has 1 aliphatic carbocycles. The molecule has 1 aromatic rings. The van der Waals surface area contributed by atoms with Crippen LogP contribution in [0.4, 0.5) is 5.69 Å². The summed E-state index contributed by atoms with van der Waals surface area (Å²) in [4.78, 5) is 2.51. The van der Waals surface area contributed by atoms with Gasteiger partial charge in [0.25, 0.3) is 0 Å². The number of hydrogen-bond acceptors (Lipinski definition) is 2. The average molecular weight is 280 g/mol. The van der Waals surface area contributed by atoms with E-state index in [0.29, 0.717) is 11.1 Å². The van der Waals surface area contributed by atoms with Crippen molar-refractivity contribution in [1.29, 1.82) is 0 Å². The molecule has 2 aliphatic rings. The highest BCUT2D eigenvalue weighted by Gasteiger charge is 2.34. The van der Waals surface area contributed by atoms with Crippen molar-refractivity contribution >= 4 is 17.3 Å². The van der Waals surface area contributed by atoms with Crippen LogP contribution in [0, 0.1) is 5.92 Å². The number of halogens is 1. The number of aliphatic hydroxyl groups is 1. The van der Waals surface area contributed by atoms with Crippen molar-refractivity contribution in [2.24, 2.45) is 5.92 Å². The Bertz CT molecular complexity index is 442. The Morgan fingerprint density at radius 2 is 1.95 bits per heavy atom. The van der Waals surface area contributed by atoms with Gasteiger partial charge in [0.15, 0.2) is 0 Å². The number of hydrogen-bond donors (Lipinski definition) is 1. The van der Waals surface area contributed by atoms with E-state index in [0.717, 1.165) is 23.7 Å². The largest absolute Gasteiger partial charge is 0.392 e. The van der Waals surface area contributed by atoms with Crippen LogP contribution in [0.2, 0.25) is 5.02 Å². The minimum atomic E-state index is 0.0306. The van der Waals surface area contributed by atoms with Crippen LogP contribution in [0.3, 0.4) is 0 Å². The second-order valence-corrected chi connectivity index (χ2v) is 6.25. The van der Waals surface area contributed by atoms with Crippen LogP contribution in [0.1, 0.15) is 44.1 Å². The third-order valence-electron chi connectivity index (χ3n) is 4.80. The lowest BCUT2D eigenvalue weighted by molar-refractivity contribution is 0.281. The van der Waals surface area contributed by atoms with Crippen LogP contribution in [0.5, 0.6) is 0 Å². The fourth-order valence-corrected chi connectivity index (χ4v) is 4.13. The standard InChI is InChI=1S/C16H22ClNO/c17-14-7-3-8-16(13(14)11-19)18-10-4-9-15(18)12-5-1-2-6-12/h3,7-8,12,15,19H,1-2,4-6,9-11H2. The Morgan fingerprint density at radius 3 is 2.68 bits per heavy atom. The molecule has 104 valence electrons. The van der Waals surface area contributed by atoms with Gasteiger partial charge in [0.2, 0.25) is 0 Å². The maximum absolute atomic E-state index is 9.60.